The lowest BCUT2D eigenvalue weighted by Gasteiger charge is -2.59. The van der Waals surface area contributed by atoms with Crippen LogP contribution in [0.25, 0.3) is 0 Å². The van der Waals surface area contributed by atoms with Crippen LogP contribution in [0, 0.1) is 22.6 Å². The minimum Gasteiger partial charge on any atom is -0.451 e. The number of likely N-dealkylation sites (N-methyl/N-ethyl adjacent to an activating group) is 1. The monoisotopic (exact) mass is 809 g/mol. The second kappa shape index (κ2) is 16.5. The first kappa shape index (κ1) is 41.5. The van der Waals surface area contributed by atoms with Crippen LogP contribution in [-0.4, -0.2) is 163 Å². The van der Waals surface area contributed by atoms with Crippen LogP contribution in [0.2, 0.25) is 0 Å². The van der Waals surface area contributed by atoms with E-state index < -0.39 is 16.0 Å². The number of hydrogen-bond acceptors (Lipinski definition) is 10. The highest BCUT2D eigenvalue weighted by Gasteiger charge is 2.57. The third-order valence-electron chi connectivity index (χ3n) is 12.5. The molecule has 5 aliphatic heterocycles. The molecule has 5 aliphatic rings. The maximum absolute atomic E-state index is 14.4. The maximum Gasteiger partial charge on any atom is 0.282 e. The van der Waals surface area contributed by atoms with E-state index in [4.69, 9.17) is 4.74 Å². The number of benzene rings is 1. The molecule has 5 fully saturated rings. The Hall–Kier alpha value is -3.70. The summed E-state index contributed by atoms with van der Waals surface area (Å²) in [6.07, 6.45) is 10.4. The number of nitrogens with zero attached hydrogens (tertiary/aromatic N) is 9. The van der Waals surface area contributed by atoms with Crippen LogP contribution in [0.3, 0.4) is 0 Å². The molecule has 2 aromatic rings. The predicted molar refractivity (Wildman–Crippen MR) is 217 cm³/mol. The minimum atomic E-state index is -3.49. The number of ether oxygens (including phenoxy) is 1. The second-order valence-corrected chi connectivity index (χ2v) is 19.9. The number of carbonyl (C=O) groups is 2. The van der Waals surface area contributed by atoms with Crippen LogP contribution in [0.4, 0.5) is 10.2 Å². The molecule has 0 atom stereocenters. The summed E-state index contributed by atoms with van der Waals surface area (Å²) in [4.78, 5) is 45.1. The molecule has 0 saturated carbocycles. The Balaban J connectivity index is 0.855. The number of likely N-dealkylation sites (tertiary alicyclic amines) is 2. The van der Waals surface area contributed by atoms with Gasteiger partial charge in [0, 0.05) is 94.4 Å². The standard InChI is InChI=1S/C41H60FN9O5S/c1-30(2)51(31(3)4)39(53)34-20-33(42)9-10-35(34)56-36-21-43-29-44-38(36)48-23-40(24-48)13-18-46(19-14-40)22-32-11-16-49(17-12-32)57(54,55)50-27-41(28-50)25-47(26-41)37(52)8-7-15-45(5)6/h7-10,20-21,29-32H,11-19,22-28H2,1-6H3/b8-7+. The quantitative estimate of drug-likeness (QED) is 0.276. The Morgan fingerprint density at radius 1 is 0.930 bits per heavy atom. The average Bonchev–Trinajstić information content (AvgIpc) is 3.10. The molecule has 0 aliphatic carbocycles. The highest BCUT2D eigenvalue weighted by Crippen LogP contribution is 2.46. The van der Waals surface area contributed by atoms with Crippen LogP contribution < -0.4 is 9.64 Å². The van der Waals surface area contributed by atoms with E-state index in [2.05, 4.69) is 19.8 Å². The van der Waals surface area contributed by atoms with Gasteiger partial charge >= 0.3 is 0 Å². The number of amides is 2. The van der Waals surface area contributed by atoms with Crippen molar-refractivity contribution in [1.29, 1.82) is 0 Å². The van der Waals surface area contributed by atoms with E-state index in [-0.39, 0.29) is 46.0 Å². The zero-order valence-electron chi connectivity index (χ0n) is 34.4. The third kappa shape index (κ3) is 8.85. The molecule has 5 saturated heterocycles. The summed E-state index contributed by atoms with van der Waals surface area (Å²) in [7, 11) is 0.419. The van der Waals surface area contributed by atoms with Crippen LogP contribution in [-0.2, 0) is 15.0 Å². The molecular weight excluding hydrogens is 750 g/mol. The highest BCUT2D eigenvalue weighted by atomic mass is 32.2. The molecule has 0 N–H and O–H groups in total. The minimum absolute atomic E-state index is 0.000278. The van der Waals surface area contributed by atoms with Crippen molar-refractivity contribution < 1.29 is 27.1 Å². The van der Waals surface area contributed by atoms with Gasteiger partial charge in [-0.15, -0.1) is 0 Å². The van der Waals surface area contributed by atoms with Gasteiger partial charge in [0.1, 0.15) is 17.9 Å². The second-order valence-electron chi connectivity index (χ2n) is 18.0. The van der Waals surface area contributed by atoms with Gasteiger partial charge in [-0.25, -0.2) is 14.4 Å². The van der Waals surface area contributed by atoms with E-state index in [0.717, 1.165) is 58.4 Å². The summed E-state index contributed by atoms with van der Waals surface area (Å²) in [5.41, 5.74) is 0.254. The van der Waals surface area contributed by atoms with Gasteiger partial charge in [0.25, 0.3) is 16.1 Å². The Bertz CT molecular complexity index is 1900. The lowest BCUT2D eigenvalue weighted by molar-refractivity contribution is -0.146. The number of piperidine rings is 2. The third-order valence-corrected chi connectivity index (χ3v) is 14.5. The SMILES string of the molecule is CC(C)N(C(=O)c1cc(F)ccc1Oc1cncnc1N1CC2(CCN(CC3CCN(S(=O)(=O)N4CC5(CN(C(=O)/C=C/CN(C)C)C5)C4)CC3)CC2)C1)C(C)C. The van der Waals surface area contributed by atoms with Gasteiger partial charge in [-0.2, -0.15) is 17.0 Å². The Labute approximate surface area is 337 Å². The molecule has 0 radical (unpaired) electrons. The van der Waals surface area contributed by atoms with E-state index in [1.165, 1.54) is 24.5 Å². The Kier molecular flexibility index (Phi) is 12.0. The van der Waals surface area contributed by atoms with Gasteiger partial charge in [-0.3, -0.25) is 9.59 Å². The van der Waals surface area contributed by atoms with Crippen molar-refractivity contribution in [2.24, 2.45) is 16.7 Å². The number of halogens is 1. The zero-order valence-corrected chi connectivity index (χ0v) is 35.3. The van der Waals surface area contributed by atoms with Gasteiger partial charge in [0.2, 0.25) is 5.91 Å². The van der Waals surface area contributed by atoms with Gasteiger partial charge in [0.05, 0.1) is 11.8 Å². The first-order valence-electron chi connectivity index (χ1n) is 20.5. The molecule has 57 heavy (non-hydrogen) atoms. The lowest BCUT2D eigenvalue weighted by Crippen LogP contribution is -2.74. The molecule has 7 rings (SSSR count). The van der Waals surface area contributed by atoms with Crippen LogP contribution in [0.15, 0.2) is 42.9 Å². The average molecular weight is 810 g/mol. The normalized spacial score (nSPS) is 21.7. The van der Waals surface area contributed by atoms with E-state index in [9.17, 15) is 22.4 Å². The molecule has 1 aromatic heterocycles. The molecule has 1 aromatic carbocycles. The van der Waals surface area contributed by atoms with Crippen LogP contribution in [0.5, 0.6) is 11.5 Å². The Morgan fingerprint density at radius 3 is 2.23 bits per heavy atom. The molecule has 2 spiro atoms. The molecular formula is C41H60FN9O5S. The smallest absolute Gasteiger partial charge is 0.282 e. The van der Waals surface area contributed by atoms with Crippen LogP contribution in [0.1, 0.15) is 63.7 Å². The van der Waals surface area contributed by atoms with Gasteiger partial charge < -0.3 is 29.2 Å². The van der Waals surface area contributed by atoms with Crippen molar-refractivity contribution in [2.75, 3.05) is 97.5 Å². The summed E-state index contributed by atoms with van der Waals surface area (Å²) in [5.74, 6) is 1.03. The first-order valence-corrected chi connectivity index (χ1v) is 21.9. The van der Waals surface area contributed by atoms with Crippen LogP contribution >= 0.6 is 0 Å². The van der Waals surface area contributed by atoms with E-state index >= 15 is 0 Å². The summed E-state index contributed by atoms with van der Waals surface area (Å²) >= 11 is 0. The fraction of sp³-hybridized carbons (Fsp3) is 0.659. The Morgan fingerprint density at radius 2 is 1.60 bits per heavy atom. The number of rotatable bonds is 13. The van der Waals surface area contributed by atoms with E-state index in [1.807, 2.05) is 52.8 Å². The summed E-state index contributed by atoms with van der Waals surface area (Å²) in [5, 5.41) is 0. The van der Waals surface area contributed by atoms with Gasteiger partial charge in [-0.1, -0.05) is 6.08 Å². The number of hydrogen-bond donors (Lipinski definition) is 0. The summed E-state index contributed by atoms with van der Waals surface area (Å²) in [6, 6.07) is 3.88. The maximum atomic E-state index is 14.4. The fourth-order valence-corrected chi connectivity index (χ4v) is 11.3. The van der Waals surface area contributed by atoms with Crippen molar-refractivity contribution in [2.45, 2.75) is 65.5 Å². The molecule has 2 amide bonds. The van der Waals surface area contributed by atoms with Crippen molar-refractivity contribution in [3.05, 3.63) is 54.3 Å². The summed E-state index contributed by atoms with van der Waals surface area (Å²) < 4.78 is 51.0. The van der Waals surface area contributed by atoms with Crippen molar-refractivity contribution >= 4 is 27.8 Å². The summed E-state index contributed by atoms with van der Waals surface area (Å²) in [6.45, 7) is 16.5. The number of anilines is 1. The molecule has 0 unspecified atom stereocenters. The predicted octanol–water partition coefficient (Wildman–Crippen LogP) is 3.79. The number of carbonyl (C=O) groups excluding carboxylic acids is 2. The first-order chi connectivity index (χ1) is 27.1. The van der Waals surface area contributed by atoms with Crippen molar-refractivity contribution in [3.63, 3.8) is 0 Å². The molecule has 16 heteroatoms. The van der Waals surface area contributed by atoms with E-state index in [1.54, 1.807) is 30.7 Å². The highest BCUT2D eigenvalue weighted by molar-refractivity contribution is 7.86. The van der Waals surface area contributed by atoms with E-state index in [0.29, 0.717) is 63.3 Å². The molecule has 14 nitrogen and oxygen atoms in total. The van der Waals surface area contributed by atoms with Crippen molar-refractivity contribution in [3.8, 4) is 11.5 Å². The largest absolute Gasteiger partial charge is 0.451 e. The topological polar surface area (TPSA) is 126 Å². The molecule has 312 valence electrons. The fourth-order valence-electron chi connectivity index (χ4n) is 9.45. The lowest BCUT2D eigenvalue weighted by atomic mass is 9.72. The molecule has 0 bridgehead atoms. The molecule has 6 heterocycles. The zero-order chi connectivity index (χ0) is 40.7. The van der Waals surface area contributed by atoms with Crippen molar-refractivity contribution in [1.82, 2.24) is 38.2 Å². The van der Waals surface area contributed by atoms with Gasteiger partial charge in [0.15, 0.2) is 11.6 Å². The number of aromatic nitrogens is 2. The van der Waals surface area contributed by atoms with Gasteiger partial charge in [-0.05, 0) is 105 Å².